The highest BCUT2D eigenvalue weighted by molar-refractivity contribution is 7.88. The molecule has 0 unspecified atom stereocenters. The molecule has 1 aliphatic heterocycles. The maximum absolute atomic E-state index is 11.9. The lowest BCUT2D eigenvalue weighted by molar-refractivity contribution is -0.122. The predicted octanol–water partition coefficient (Wildman–Crippen LogP) is 0.378. The van der Waals surface area contributed by atoms with Crippen LogP contribution in [0.3, 0.4) is 0 Å². The first kappa shape index (κ1) is 16.4. The zero-order valence-electron chi connectivity index (χ0n) is 12.0. The Morgan fingerprint density at radius 2 is 2.14 bits per heavy atom. The SMILES string of the molecule is CS(=O)(=O)NC1CCN(CC(=O)NCc2cccs2)CC1. The Hall–Kier alpha value is -0.960. The Labute approximate surface area is 129 Å². The van der Waals surface area contributed by atoms with E-state index < -0.39 is 10.0 Å². The minimum Gasteiger partial charge on any atom is -0.350 e. The van der Waals surface area contributed by atoms with Crippen molar-refractivity contribution in [3.05, 3.63) is 22.4 Å². The molecule has 2 N–H and O–H groups in total. The van der Waals surface area contributed by atoms with Crippen molar-refractivity contribution in [2.45, 2.75) is 25.4 Å². The highest BCUT2D eigenvalue weighted by Gasteiger charge is 2.22. The summed E-state index contributed by atoms with van der Waals surface area (Å²) >= 11 is 1.62. The smallest absolute Gasteiger partial charge is 0.234 e. The average molecular weight is 331 g/mol. The molecule has 0 aromatic carbocycles. The molecule has 1 saturated heterocycles. The first-order chi connectivity index (χ1) is 9.92. The number of carbonyl (C=O) groups excluding carboxylic acids is 1. The van der Waals surface area contributed by atoms with Crippen LogP contribution in [0.5, 0.6) is 0 Å². The van der Waals surface area contributed by atoms with Gasteiger partial charge in [-0.05, 0) is 24.3 Å². The van der Waals surface area contributed by atoms with E-state index >= 15 is 0 Å². The fraction of sp³-hybridized carbons (Fsp3) is 0.615. The molecule has 2 heterocycles. The summed E-state index contributed by atoms with van der Waals surface area (Å²) in [6, 6.07) is 3.95. The summed E-state index contributed by atoms with van der Waals surface area (Å²) in [5.41, 5.74) is 0. The normalized spacial score (nSPS) is 17.8. The number of likely N-dealkylation sites (tertiary alicyclic amines) is 1. The molecule has 1 amide bonds. The molecule has 1 fully saturated rings. The number of hydrogen-bond acceptors (Lipinski definition) is 5. The van der Waals surface area contributed by atoms with Gasteiger partial charge >= 0.3 is 0 Å². The zero-order chi connectivity index (χ0) is 15.3. The van der Waals surface area contributed by atoms with Gasteiger partial charge in [-0.3, -0.25) is 9.69 Å². The molecule has 0 spiro atoms. The van der Waals surface area contributed by atoms with E-state index in [2.05, 4.69) is 14.9 Å². The van der Waals surface area contributed by atoms with Gasteiger partial charge in [-0.1, -0.05) is 6.07 Å². The van der Waals surface area contributed by atoms with Crippen LogP contribution < -0.4 is 10.0 Å². The summed E-state index contributed by atoms with van der Waals surface area (Å²) in [5, 5.41) is 4.89. The first-order valence-corrected chi connectivity index (χ1v) is 9.68. The minimum absolute atomic E-state index is 0.00886. The third-order valence-corrected chi connectivity index (χ3v) is 5.01. The molecular weight excluding hydrogens is 310 g/mol. The summed E-state index contributed by atoms with van der Waals surface area (Å²) in [4.78, 5) is 15.1. The Balaban J connectivity index is 1.67. The maximum Gasteiger partial charge on any atom is 0.234 e. The number of thiophene rings is 1. The van der Waals surface area contributed by atoms with Crippen LogP contribution in [0.1, 0.15) is 17.7 Å². The molecule has 1 aliphatic rings. The van der Waals surface area contributed by atoms with Crippen molar-refractivity contribution in [3.63, 3.8) is 0 Å². The van der Waals surface area contributed by atoms with Crippen LogP contribution in [0.25, 0.3) is 0 Å². The minimum atomic E-state index is -3.14. The van der Waals surface area contributed by atoms with Gasteiger partial charge in [0.25, 0.3) is 0 Å². The molecule has 2 rings (SSSR count). The zero-order valence-corrected chi connectivity index (χ0v) is 13.7. The second-order valence-corrected chi connectivity index (χ2v) is 8.11. The molecule has 21 heavy (non-hydrogen) atoms. The molecule has 1 aromatic heterocycles. The van der Waals surface area contributed by atoms with Gasteiger partial charge in [0.05, 0.1) is 19.3 Å². The van der Waals surface area contributed by atoms with Crippen LogP contribution in [0.15, 0.2) is 17.5 Å². The first-order valence-electron chi connectivity index (χ1n) is 6.91. The molecule has 0 aliphatic carbocycles. The Morgan fingerprint density at radius 1 is 1.43 bits per heavy atom. The van der Waals surface area contributed by atoms with Crippen molar-refractivity contribution in [2.24, 2.45) is 0 Å². The van der Waals surface area contributed by atoms with Crippen molar-refractivity contribution in [1.82, 2.24) is 14.9 Å². The Kier molecular flexibility index (Phi) is 5.74. The molecular formula is C13H21N3O3S2. The summed E-state index contributed by atoms with van der Waals surface area (Å²) < 4.78 is 25.0. The predicted molar refractivity (Wildman–Crippen MR) is 83.6 cm³/mol. The van der Waals surface area contributed by atoms with Crippen molar-refractivity contribution >= 4 is 27.3 Å². The van der Waals surface area contributed by atoms with E-state index in [-0.39, 0.29) is 11.9 Å². The number of hydrogen-bond donors (Lipinski definition) is 2. The largest absolute Gasteiger partial charge is 0.350 e. The van der Waals surface area contributed by atoms with E-state index in [1.807, 2.05) is 17.5 Å². The fourth-order valence-corrected chi connectivity index (χ4v) is 3.86. The van der Waals surface area contributed by atoms with E-state index in [1.54, 1.807) is 11.3 Å². The number of nitrogens with one attached hydrogen (secondary N) is 2. The fourth-order valence-electron chi connectivity index (χ4n) is 2.37. The summed E-state index contributed by atoms with van der Waals surface area (Å²) in [5.74, 6) is 0.0120. The van der Waals surface area contributed by atoms with E-state index in [4.69, 9.17) is 0 Å². The average Bonchev–Trinajstić information content (AvgIpc) is 2.90. The van der Waals surface area contributed by atoms with Gasteiger partial charge in [-0.15, -0.1) is 11.3 Å². The van der Waals surface area contributed by atoms with Crippen LogP contribution in [0, 0.1) is 0 Å². The summed E-state index contributed by atoms with van der Waals surface area (Å²) in [6.45, 7) is 2.42. The number of sulfonamides is 1. The lowest BCUT2D eigenvalue weighted by Gasteiger charge is -2.31. The van der Waals surface area contributed by atoms with Crippen molar-refractivity contribution in [3.8, 4) is 0 Å². The molecule has 8 heteroatoms. The second-order valence-electron chi connectivity index (χ2n) is 5.30. The van der Waals surface area contributed by atoms with Gasteiger partial charge in [0, 0.05) is 24.0 Å². The lowest BCUT2D eigenvalue weighted by atomic mass is 10.1. The molecule has 0 bridgehead atoms. The van der Waals surface area contributed by atoms with Crippen molar-refractivity contribution < 1.29 is 13.2 Å². The van der Waals surface area contributed by atoms with Crippen LogP contribution in [0.4, 0.5) is 0 Å². The van der Waals surface area contributed by atoms with Gasteiger partial charge in [0.1, 0.15) is 0 Å². The number of nitrogens with zero attached hydrogens (tertiary/aromatic N) is 1. The van der Waals surface area contributed by atoms with Crippen LogP contribution >= 0.6 is 11.3 Å². The second kappa shape index (κ2) is 7.35. The molecule has 0 radical (unpaired) electrons. The monoisotopic (exact) mass is 331 g/mol. The van der Waals surface area contributed by atoms with Gasteiger partial charge in [-0.2, -0.15) is 0 Å². The summed E-state index contributed by atoms with van der Waals surface area (Å²) in [7, 11) is -3.14. The molecule has 118 valence electrons. The molecule has 0 atom stereocenters. The van der Waals surface area contributed by atoms with Crippen LogP contribution in [0.2, 0.25) is 0 Å². The van der Waals surface area contributed by atoms with Crippen LogP contribution in [-0.4, -0.2) is 51.2 Å². The summed E-state index contributed by atoms with van der Waals surface area (Å²) in [6.07, 6.45) is 2.66. The van der Waals surface area contributed by atoms with E-state index in [1.165, 1.54) is 6.26 Å². The van der Waals surface area contributed by atoms with Gasteiger partial charge in [0.15, 0.2) is 0 Å². The van der Waals surface area contributed by atoms with E-state index in [0.717, 1.165) is 30.8 Å². The number of carbonyl (C=O) groups is 1. The number of piperidine rings is 1. The Bertz CT molecular complexity index is 549. The van der Waals surface area contributed by atoms with Crippen LogP contribution in [-0.2, 0) is 21.4 Å². The Morgan fingerprint density at radius 3 is 2.71 bits per heavy atom. The van der Waals surface area contributed by atoms with E-state index in [0.29, 0.717) is 13.1 Å². The maximum atomic E-state index is 11.9. The molecule has 6 nitrogen and oxygen atoms in total. The highest BCUT2D eigenvalue weighted by atomic mass is 32.2. The quantitative estimate of drug-likeness (QED) is 0.790. The lowest BCUT2D eigenvalue weighted by Crippen LogP contribution is -2.47. The number of amides is 1. The molecule has 0 saturated carbocycles. The third kappa shape index (κ3) is 6.13. The topological polar surface area (TPSA) is 78.5 Å². The molecule has 1 aromatic rings. The van der Waals surface area contributed by atoms with Crippen molar-refractivity contribution in [2.75, 3.05) is 25.9 Å². The highest BCUT2D eigenvalue weighted by Crippen LogP contribution is 2.11. The van der Waals surface area contributed by atoms with Gasteiger partial charge < -0.3 is 5.32 Å². The third-order valence-electron chi connectivity index (χ3n) is 3.38. The number of rotatable bonds is 6. The van der Waals surface area contributed by atoms with Crippen molar-refractivity contribution in [1.29, 1.82) is 0 Å². The van der Waals surface area contributed by atoms with Gasteiger partial charge in [-0.25, -0.2) is 13.1 Å². The van der Waals surface area contributed by atoms with Gasteiger partial charge in [0.2, 0.25) is 15.9 Å². The standard InChI is InChI=1S/C13H21N3O3S2/c1-21(18,19)15-11-4-6-16(7-5-11)10-13(17)14-9-12-3-2-8-20-12/h2-3,8,11,15H,4-7,9-10H2,1H3,(H,14,17). The van der Waals surface area contributed by atoms with E-state index in [9.17, 15) is 13.2 Å².